The molecule has 1 unspecified atom stereocenters. The van der Waals surface area contributed by atoms with E-state index in [1.807, 2.05) is 9.80 Å². The monoisotopic (exact) mass is 399 g/mol. The molecule has 1 fully saturated rings. The highest BCUT2D eigenvalue weighted by atomic mass is 35.5. The van der Waals surface area contributed by atoms with Crippen molar-refractivity contribution < 1.29 is 14.0 Å². The molecule has 2 amide bonds. The standard InChI is InChI=1S/C20H30FN3O2.ClH/c1-15(2)18-14-23(19(25)5-3-4-11-22)12-10-20(26)24(18)13-16-6-8-17(21)9-7-16;/h6-9,15,18H,3-5,10-14,22H2,1-2H3;1H. The molecular weight excluding hydrogens is 369 g/mol. The van der Waals surface area contributed by atoms with Crippen molar-refractivity contribution in [3.05, 3.63) is 35.6 Å². The van der Waals surface area contributed by atoms with E-state index < -0.39 is 0 Å². The van der Waals surface area contributed by atoms with Gasteiger partial charge in [0.05, 0.1) is 6.04 Å². The molecule has 7 heteroatoms. The van der Waals surface area contributed by atoms with E-state index in [-0.39, 0.29) is 42.0 Å². The molecule has 5 nitrogen and oxygen atoms in total. The van der Waals surface area contributed by atoms with Crippen molar-refractivity contribution in [2.75, 3.05) is 19.6 Å². The van der Waals surface area contributed by atoms with Gasteiger partial charge in [-0.2, -0.15) is 0 Å². The van der Waals surface area contributed by atoms with Crippen LogP contribution in [0.4, 0.5) is 4.39 Å². The summed E-state index contributed by atoms with van der Waals surface area (Å²) < 4.78 is 13.1. The van der Waals surface area contributed by atoms with Crippen molar-refractivity contribution in [3.8, 4) is 0 Å². The van der Waals surface area contributed by atoms with Crippen LogP contribution in [-0.2, 0) is 16.1 Å². The van der Waals surface area contributed by atoms with Crippen LogP contribution in [-0.4, -0.2) is 47.3 Å². The van der Waals surface area contributed by atoms with Gasteiger partial charge in [-0.25, -0.2) is 4.39 Å². The summed E-state index contributed by atoms with van der Waals surface area (Å²) in [6, 6.07) is 6.19. The molecule has 2 N–H and O–H groups in total. The molecule has 0 aliphatic carbocycles. The third-order valence-electron chi connectivity index (χ3n) is 4.96. The number of hydrogen-bond donors (Lipinski definition) is 1. The van der Waals surface area contributed by atoms with Crippen molar-refractivity contribution in [3.63, 3.8) is 0 Å². The van der Waals surface area contributed by atoms with Crippen LogP contribution in [0, 0.1) is 11.7 Å². The van der Waals surface area contributed by atoms with Crippen LogP contribution < -0.4 is 5.73 Å². The quantitative estimate of drug-likeness (QED) is 0.717. The normalized spacial score (nSPS) is 17.7. The van der Waals surface area contributed by atoms with Crippen LogP contribution in [0.3, 0.4) is 0 Å². The molecule has 1 aromatic carbocycles. The van der Waals surface area contributed by atoms with Gasteiger partial charge in [0, 0.05) is 32.5 Å². The number of rotatable bonds is 7. The molecule has 1 atom stereocenters. The zero-order chi connectivity index (χ0) is 19.1. The second kappa shape index (κ2) is 11.2. The number of carbonyl (C=O) groups is 2. The molecule has 152 valence electrons. The van der Waals surface area contributed by atoms with Crippen LogP contribution in [0.5, 0.6) is 0 Å². The molecule has 0 spiro atoms. The fourth-order valence-electron chi connectivity index (χ4n) is 3.34. The van der Waals surface area contributed by atoms with E-state index in [4.69, 9.17) is 5.73 Å². The number of unbranched alkanes of at least 4 members (excludes halogenated alkanes) is 1. The van der Waals surface area contributed by atoms with Gasteiger partial charge < -0.3 is 15.5 Å². The van der Waals surface area contributed by atoms with E-state index in [0.29, 0.717) is 39.0 Å². The minimum Gasteiger partial charge on any atom is -0.340 e. The summed E-state index contributed by atoms with van der Waals surface area (Å²) in [5, 5.41) is 0. The third kappa shape index (κ3) is 6.78. The molecule has 0 radical (unpaired) electrons. The number of benzene rings is 1. The largest absolute Gasteiger partial charge is 0.340 e. The number of hydrogen-bond acceptors (Lipinski definition) is 3. The summed E-state index contributed by atoms with van der Waals surface area (Å²) in [5.41, 5.74) is 6.40. The van der Waals surface area contributed by atoms with Gasteiger partial charge in [0.2, 0.25) is 11.8 Å². The first-order valence-corrected chi connectivity index (χ1v) is 9.44. The topological polar surface area (TPSA) is 66.6 Å². The van der Waals surface area contributed by atoms with Gasteiger partial charge in [0.1, 0.15) is 5.82 Å². The second-order valence-corrected chi connectivity index (χ2v) is 7.30. The van der Waals surface area contributed by atoms with Gasteiger partial charge in [-0.3, -0.25) is 9.59 Å². The summed E-state index contributed by atoms with van der Waals surface area (Å²) >= 11 is 0. The SMILES string of the molecule is CC(C)C1CN(C(=O)CCCCN)CCC(=O)N1Cc1ccc(F)cc1.Cl. The maximum absolute atomic E-state index is 13.1. The molecule has 1 heterocycles. The number of nitrogens with zero attached hydrogens (tertiary/aromatic N) is 2. The van der Waals surface area contributed by atoms with E-state index >= 15 is 0 Å². The Bertz CT molecular complexity index is 610. The molecule has 27 heavy (non-hydrogen) atoms. The molecule has 0 aromatic heterocycles. The number of amides is 2. The van der Waals surface area contributed by atoms with Gasteiger partial charge in [0.25, 0.3) is 0 Å². The Kier molecular flexibility index (Phi) is 9.74. The van der Waals surface area contributed by atoms with Crippen LogP contribution in [0.1, 0.15) is 45.1 Å². The lowest BCUT2D eigenvalue weighted by Gasteiger charge is -2.34. The van der Waals surface area contributed by atoms with E-state index in [0.717, 1.165) is 18.4 Å². The van der Waals surface area contributed by atoms with E-state index in [9.17, 15) is 14.0 Å². The fraction of sp³-hybridized carbons (Fsp3) is 0.600. The number of halogens is 2. The minimum atomic E-state index is -0.286. The van der Waals surface area contributed by atoms with Crippen molar-refractivity contribution >= 4 is 24.2 Å². The lowest BCUT2D eigenvalue weighted by molar-refractivity contribution is -0.134. The Balaban J connectivity index is 0.00000364. The average Bonchev–Trinajstić information content (AvgIpc) is 2.77. The number of carbonyl (C=O) groups excluding carboxylic acids is 2. The summed E-state index contributed by atoms with van der Waals surface area (Å²) in [7, 11) is 0. The Labute approximate surface area is 167 Å². The second-order valence-electron chi connectivity index (χ2n) is 7.30. The summed E-state index contributed by atoms with van der Waals surface area (Å²) in [6.07, 6.45) is 2.43. The minimum absolute atomic E-state index is 0. The maximum atomic E-state index is 13.1. The molecule has 2 rings (SSSR count). The van der Waals surface area contributed by atoms with E-state index in [1.165, 1.54) is 12.1 Å². The highest BCUT2D eigenvalue weighted by Gasteiger charge is 2.33. The maximum Gasteiger partial charge on any atom is 0.224 e. The van der Waals surface area contributed by atoms with Crippen LogP contribution >= 0.6 is 12.4 Å². The van der Waals surface area contributed by atoms with Crippen molar-refractivity contribution in [1.82, 2.24) is 9.80 Å². The molecule has 0 saturated carbocycles. The highest BCUT2D eigenvalue weighted by molar-refractivity contribution is 5.85. The Morgan fingerprint density at radius 3 is 2.52 bits per heavy atom. The van der Waals surface area contributed by atoms with Crippen molar-refractivity contribution in [1.29, 1.82) is 0 Å². The third-order valence-corrected chi connectivity index (χ3v) is 4.96. The zero-order valence-electron chi connectivity index (χ0n) is 16.2. The molecule has 1 aromatic rings. The Morgan fingerprint density at radius 2 is 1.93 bits per heavy atom. The van der Waals surface area contributed by atoms with E-state index in [2.05, 4.69) is 13.8 Å². The molecule has 1 aliphatic heterocycles. The van der Waals surface area contributed by atoms with Gasteiger partial charge in [-0.15, -0.1) is 12.4 Å². The van der Waals surface area contributed by atoms with Crippen molar-refractivity contribution in [2.24, 2.45) is 11.7 Å². The lowest BCUT2D eigenvalue weighted by atomic mass is 10.0. The van der Waals surface area contributed by atoms with Crippen molar-refractivity contribution in [2.45, 2.75) is 52.1 Å². The summed E-state index contributed by atoms with van der Waals surface area (Å²) in [4.78, 5) is 28.9. The summed E-state index contributed by atoms with van der Waals surface area (Å²) in [6.45, 7) is 6.18. The van der Waals surface area contributed by atoms with Crippen LogP contribution in [0.2, 0.25) is 0 Å². The Hall–Kier alpha value is -1.66. The van der Waals surface area contributed by atoms with Gasteiger partial charge in [-0.05, 0) is 43.0 Å². The zero-order valence-corrected chi connectivity index (χ0v) is 17.0. The van der Waals surface area contributed by atoms with Gasteiger partial charge >= 0.3 is 0 Å². The number of nitrogens with two attached hydrogens (primary N) is 1. The van der Waals surface area contributed by atoms with Crippen LogP contribution in [0.15, 0.2) is 24.3 Å². The molecule has 1 aliphatic rings. The Morgan fingerprint density at radius 1 is 1.26 bits per heavy atom. The molecular formula is C20H31ClFN3O2. The van der Waals surface area contributed by atoms with Gasteiger partial charge in [-0.1, -0.05) is 26.0 Å². The fourth-order valence-corrected chi connectivity index (χ4v) is 3.34. The van der Waals surface area contributed by atoms with E-state index in [1.54, 1.807) is 12.1 Å². The lowest BCUT2D eigenvalue weighted by Crippen LogP contribution is -2.47. The summed E-state index contributed by atoms with van der Waals surface area (Å²) in [5.74, 6) is 0.0771. The first-order valence-electron chi connectivity index (χ1n) is 9.44. The first-order chi connectivity index (χ1) is 12.4. The molecule has 1 saturated heterocycles. The van der Waals surface area contributed by atoms with Gasteiger partial charge in [0.15, 0.2) is 0 Å². The molecule has 0 bridgehead atoms. The van der Waals surface area contributed by atoms with Crippen LogP contribution in [0.25, 0.3) is 0 Å². The predicted molar refractivity (Wildman–Crippen MR) is 107 cm³/mol. The average molecular weight is 400 g/mol. The predicted octanol–water partition coefficient (Wildman–Crippen LogP) is 2.96. The first kappa shape index (κ1) is 23.4. The smallest absolute Gasteiger partial charge is 0.224 e. The highest BCUT2D eigenvalue weighted by Crippen LogP contribution is 2.22.